The van der Waals surface area contributed by atoms with Gasteiger partial charge in [-0.15, -0.1) is 0 Å². The van der Waals surface area contributed by atoms with Crippen LogP contribution < -0.4 is 14.4 Å². The van der Waals surface area contributed by atoms with Crippen LogP contribution in [0.1, 0.15) is 39.2 Å². The molecule has 4 atom stereocenters. The molecule has 9 heteroatoms. The van der Waals surface area contributed by atoms with Crippen LogP contribution in [0.15, 0.2) is 42.6 Å². The van der Waals surface area contributed by atoms with Crippen LogP contribution in [0.4, 0.5) is 5.82 Å². The number of methoxy groups -OCH3 is 1. The number of amides is 1. The number of hydrogen-bond acceptors (Lipinski definition) is 8. The Labute approximate surface area is 218 Å². The summed E-state index contributed by atoms with van der Waals surface area (Å²) in [5.74, 6) is 1.29. The second kappa shape index (κ2) is 9.78. The van der Waals surface area contributed by atoms with Crippen molar-refractivity contribution in [1.29, 1.82) is 0 Å². The van der Waals surface area contributed by atoms with Crippen molar-refractivity contribution in [3.05, 3.63) is 48.2 Å². The number of nitrogens with zero attached hydrogens (tertiary/aromatic N) is 3. The van der Waals surface area contributed by atoms with Crippen molar-refractivity contribution in [1.82, 2.24) is 9.88 Å². The molecule has 200 valence electrons. The van der Waals surface area contributed by atoms with E-state index in [4.69, 9.17) is 18.9 Å². The average Bonchev–Trinajstić information content (AvgIpc) is 3.41. The number of carbonyl (C=O) groups is 1. The van der Waals surface area contributed by atoms with Gasteiger partial charge in [-0.1, -0.05) is 19.1 Å². The summed E-state index contributed by atoms with van der Waals surface area (Å²) in [5, 5.41) is 10.8. The standard InChI is InChI=1S/C28H37N3O6/c1-18(32)28(4)17-31(26(33)24-16-35-27(2,3)37-24)15-21(28)19-9-10-22(34-5)23(12-19)36-20-13-30(14-20)25-8-6-7-11-29-25/h6-12,18,20-21,24,32H,13-17H2,1-5H3/t18-,21+,24+,28+/m1/s1. The number of rotatable bonds is 7. The average molecular weight is 512 g/mol. The minimum absolute atomic E-state index is 0.0128. The van der Waals surface area contributed by atoms with Crippen molar-refractivity contribution < 1.29 is 28.8 Å². The van der Waals surface area contributed by atoms with Gasteiger partial charge in [0.05, 0.1) is 32.9 Å². The Morgan fingerprint density at radius 2 is 1.95 bits per heavy atom. The summed E-state index contributed by atoms with van der Waals surface area (Å²) < 4.78 is 23.4. The number of aliphatic hydroxyl groups excluding tert-OH is 1. The smallest absolute Gasteiger partial charge is 0.254 e. The largest absolute Gasteiger partial charge is 0.493 e. The van der Waals surface area contributed by atoms with Crippen LogP contribution >= 0.6 is 0 Å². The lowest BCUT2D eigenvalue weighted by Gasteiger charge is -2.40. The van der Waals surface area contributed by atoms with Crippen molar-refractivity contribution in [2.24, 2.45) is 5.41 Å². The SMILES string of the molecule is COc1ccc([C@@H]2CN(C(=O)[C@@H]3COC(C)(C)O3)C[C@@]2(C)[C@@H](C)O)cc1OC1CN(c2ccccn2)C1. The van der Waals surface area contributed by atoms with E-state index >= 15 is 0 Å². The number of likely N-dealkylation sites (tertiary alicyclic amines) is 1. The van der Waals surface area contributed by atoms with Gasteiger partial charge in [0.1, 0.15) is 11.9 Å². The molecule has 3 aliphatic rings. The van der Waals surface area contributed by atoms with E-state index in [0.29, 0.717) is 24.6 Å². The highest BCUT2D eigenvalue weighted by molar-refractivity contribution is 5.82. The number of aliphatic hydroxyl groups is 1. The molecular weight excluding hydrogens is 474 g/mol. The Kier molecular flexibility index (Phi) is 6.81. The minimum Gasteiger partial charge on any atom is -0.493 e. The predicted octanol–water partition coefficient (Wildman–Crippen LogP) is 2.82. The first-order valence-electron chi connectivity index (χ1n) is 12.9. The molecule has 0 radical (unpaired) electrons. The summed E-state index contributed by atoms with van der Waals surface area (Å²) in [5.41, 5.74) is 0.460. The first-order valence-corrected chi connectivity index (χ1v) is 12.9. The lowest BCUT2D eigenvalue weighted by atomic mass is 9.72. The van der Waals surface area contributed by atoms with Crippen molar-refractivity contribution in [2.75, 3.05) is 44.8 Å². The molecule has 1 amide bonds. The van der Waals surface area contributed by atoms with Gasteiger partial charge in [-0.2, -0.15) is 0 Å². The topological polar surface area (TPSA) is 93.6 Å². The number of hydrogen-bond donors (Lipinski definition) is 1. The second-order valence-corrected chi connectivity index (χ2v) is 11.0. The zero-order valence-electron chi connectivity index (χ0n) is 22.2. The fourth-order valence-corrected chi connectivity index (χ4v) is 5.53. The highest BCUT2D eigenvalue weighted by Crippen LogP contribution is 2.47. The monoisotopic (exact) mass is 511 g/mol. The molecule has 0 unspecified atom stereocenters. The zero-order valence-corrected chi connectivity index (χ0v) is 22.2. The van der Waals surface area contributed by atoms with Crippen LogP contribution in [-0.2, 0) is 14.3 Å². The van der Waals surface area contributed by atoms with Gasteiger partial charge in [0.15, 0.2) is 23.4 Å². The summed E-state index contributed by atoms with van der Waals surface area (Å²) in [6, 6.07) is 11.8. The molecule has 1 aromatic carbocycles. The van der Waals surface area contributed by atoms with E-state index in [9.17, 15) is 9.90 Å². The number of ether oxygens (including phenoxy) is 4. The van der Waals surface area contributed by atoms with Gasteiger partial charge in [-0.3, -0.25) is 4.79 Å². The molecule has 9 nitrogen and oxygen atoms in total. The van der Waals surface area contributed by atoms with Crippen molar-refractivity contribution in [3.8, 4) is 11.5 Å². The van der Waals surface area contributed by atoms with Crippen molar-refractivity contribution in [3.63, 3.8) is 0 Å². The second-order valence-electron chi connectivity index (χ2n) is 11.0. The highest BCUT2D eigenvalue weighted by Gasteiger charge is 2.50. The van der Waals surface area contributed by atoms with E-state index in [-0.39, 0.29) is 24.5 Å². The fraction of sp³-hybridized carbons (Fsp3) is 0.571. The summed E-state index contributed by atoms with van der Waals surface area (Å²) >= 11 is 0. The van der Waals surface area contributed by atoms with Gasteiger partial charge < -0.3 is 33.9 Å². The first-order chi connectivity index (χ1) is 17.6. The molecule has 3 aliphatic heterocycles. The Morgan fingerprint density at radius 3 is 2.57 bits per heavy atom. The number of aromatic nitrogens is 1. The summed E-state index contributed by atoms with van der Waals surface area (Å²) in [6.07, 6.45) is 0.538. The quantitative estimate of drug-likeness (QED) is 0.607. The normalized spacial score (nSPS) is 28.2. The van der Waals surface area contributed by atoms with Gasteiger partial charge in [-0.25, -0.2) is 4.98 Å². The molecule has 0 spiro atoms. The van der Waals surface area contributed by atoms with Crippen LogP contribution in [0.5, 0.6) is 11.5 Å². The van der Waals surface area contributed by atoms with E-state index in [2.05, 4.69) is 9.88 Å². The molecule has 1 aromatic heterocycles. The number of pyridine rings is 1. The maximum Gasteiger partial charge on any atom is 0.254 e. The molecule has 3 fully saturated rings. The third-order valence-corrected chi connectivity index (χ3v) is 7.99. The van der Waals surface area contributed by atoms with Crippen LogP contribution in [0.2, 0.25) is 0 Å². The molecule has 5 rings (SSSR count). The fourth-order valence-electron chi connectivity index (χ4n) is 5.53. The Hall–Kier alpha value is -2.88. The van der Waals surface area contributed by atoms with E-state index < -0.39 is 23.4 Å². The third-order valence-electron chi connectivity index (χ3n) is 7.99. The Balaban J connectivity index is 1.33. The molecule has 1 N–H and O–H groups in total. The number of benzene rings is 1. The lowest BCUT2D eigenvalue weighted by Crippen LogP contribution is -2.54. The molecule has 0 saturated carbocycles. The Morgan fingerprint density at radius 1 is 1.16 bits per heavy atom. The zero-order chi connectivity index (χ0) is 26.4. The highest BCUT2D eigenvalue weighted by atomic mass is 16.7. The molecule has 37 heavy (non-hydrogen) atoms. The Bertz CT molecular complexity index is 1120. The van der Waals surface area contributed by atoms with Crippen LogP contribution in [-0.4, -0.2) is 84.9 Å². The van der Waals surface area contributed by atoms with Gasteiger partial charge in [0, 0.05) is 30.6 Å². The first kappa shape index (κ1) is 25.8. The maximum absolute atomic E-state index is 13.3. The van der Waals surface area contributed by atoms with E-state index in [0.717, 1.165) is 24.5 Å². The van der Waals surface area contributed by atoms with Crippen molar-refractivity contribution >= 4 is 11.7 Å². The van der Waals surface area contributed by atoms with E-state index in [1.807, 2.05) is 57.2 Å². The van der Waals surface area contributed by atoms with Crippen LogP contribution in [0, 0.1) is 5.41 Å². The molecule has 3 saturated heterocycles. The van der Waals surface area contributed by atoms with Gasteiger partial charge >= 0.3 is 0 Å². The maximum atomic E-state index is 13.3. The number of anilines is 1. The molecule has 4 heterocycles. The van der Waals surface area contributed by atoms with Crippen LogP contribution in [0.3, 0.4) is 0 Å². The van der Waals surface area contributed by atoms with E-state index in [1.165, 1.54) is 0 Å². The predicted molar refractivity (Wildman–Crippen MR) is 138 cm³/mol. The van der Waals surface area contributed by atoms with Crippen molar-refractivity contribution in [2.45, 2.75) is 57.7 Å². The van der Waals surface area contributed by atoms with Crippen LogP contribution in [0.25, 0.3) is 0 Å². The molecule has 0 aliphatic carbocycles. The number of carbonyl (C=O) groups excluding carboxylic acids is 1. The molecular formula is C28H37N3O6. The van der Waals surface area contributed by atoms with Gasteiger partial charge in [-0.05, 0) is 50.6 Å². The molecule has 0 bridgehead atoms. The molecule has 2 aromatic rings. The summed E-state index contributed by atoms with van der Waals surface area (Å²) in [4.78, 5) is 21.7. The lowest BCUT2D eigenvalue weighted by molar-refractivity contribution is -0.159. The van der Waals surface area contributed by atoms with Gasteiger partial charge in [0.25, 0.3) is 5.91 Å². The minimum atomic E-state index is -0.775. The summed E-state index contributed by atoms with van der Waals surface area (Å²) in [7, 11) is 1.63. The van der Waals surface area contributed by atoms with Gasteiger partial charge in [0.2, 0.25) is 0 Å². The van der Waals surface area contributed by atoms with E-state index in [1.54, 1.807) is 25.1 Å². The third kappa shape index (κ3) is 5.00. The summed E-state index contributed by atoms with van der Waals surface area (Å²) in [6.45, 7) is 10.1.